The average molecular weight is 327 g/mol. The van der Waals surface area contributed by atoms with Gasteiger partial charge >= 0.3 is 0 Å². The quantitative estimate of drug-likeness (QED) is 0.760. The van der Waals surface area contributed by atoms with Crippen molar-refractivity contribution in [1.29, 1.82) is 0 Å². The van der Waals surface area contributed by atoms with E-state index in [1.54, 1.807) is 0 Å². The molecule has 0 aromatic heterocycles. The van der Waals surface area contributed by atoms with Crippen LogP contribution in [0.25, 0.3) is 0 Å². The number of benzene rings is 1. The first kappa shape index (κ1) is 16.7. The molecule has 0 spiro atoms. The summed E-state index contributed by atoms with van der Waals surface area (Å²) in [6.45, 7) is 9.93. The van der Waals surface area contributed by atoms with Gasteiger partial charge in [-0.25, -0.2) is 0 Å². The second kappa shape index (κ2) is 8.03. The maximum atomic E-state index is 3.53. The minimum absolute atomic E-state index is 0.239. The molecule has 0 unspecified atom stereocenters. The van der Waals surface area contributed by atoms with Crippen molar-refractivity contribution in [2.45, 2.75) is 45.7 Å². The summed E-state index contributed by atoms with van der Waals surface area (Å²) in [5.41, 5.74) is 1.61. The van der Waals surface area contributed by atoms with Crippen LogP contribution in [0, 0.1) is 0 Å². The van der Waals surface area contributed by atoms with E-state index in [0.29, 0.717) is 0 Å². The van der Waals surface area contributed by atoms with Crippen LogP contribution < -0.4 is 5.32 Å². The Morgan fingerprint density at radius 2 is 1.74 bits per heavy atom. The second-order valence-corrected chi connectivity index (χ2v) is 7.16. The fourth-order valence-electron chi connectivity index (χ4n) is 1.95. The first-order valence-electron chi connectivity index (χ1n) is 7.05. The third-order valence-electron chi connectivity index (χ3n) is 2.99. The standard InChI is InChI=1S/C16H27BrN2/c1-16(2,3)18-11-5-6-12-19(4)13-14-7-9-15(17)10-8-14/h7-10,18H,5-6,11-13H2,1-4H3. The molecule has 108 valence electrons. The van der Waals surface area contributed by atoms with Gasteiger partial charge in [-0.1, -0.05) is 28.1 Å². The molecule has 1 N–H and O–H groups in total. The molecule has 0 aliphatic heterocycles. The molecule has 0 atom stereocenters. The first-order valence-corrected chi connectivity index (χ1v) is 7.84. The monoisotopic (exact) mass is 326 g/mol. The molecule has 1 aromatic carbocycles. The lowest BCUT2D eigenvalue weighted by molar-refractivity contribution is 0.313. The number of rotatable bonds is 7. The summed E-state index contributed by atoms with van der Waals surface area (Å²) in [5, 5.41) is 3.53. The van der Waals surface area contributed by atoms with E-state index >= 15 is 0 Å². The van der Waals surface area contributed by atoms with Crippen LogP contribution in [-0.2, 0) is 6.54 Å². The fraction of sp³-hybridized carbons (Fsp3) is 0.625. The maximum absolute atomic E-state index is 3.53. The topological polar surface area (TPSA) is 15.3 Å². The van der Waals surface area contributed by atoms with E-state index in [1.165, 1.54) is 18.4 Å². The lowest BCUT2D eigenvalue weighted by atomic mass is 10.1. The van der Waals surface area contributed by atoms with Crippen LogP contribution in [0.3, 0.4) is 0 Å². The Labute approximate surface area is 126 Å². The van der Waals surface area contributed by atoms with Gasteiger partial charge in [0.2, 0.25) is 0 Å². The molecule has 2 nitrogen and oxygen atoms in total. The van der Waals surface area contributed by atoms with E-state index in [2.05, 4.69) is 78.2 Å². The van der Waals surface area contributed by atoms with Crippen molar-refractivity contribution in [1.82, 2.24) is 10.2 Å². The lowest BCUT2D eigenvalue weighted by Gasteiger charge is -2.21. The average Bonchev–Trinajstić information content (AvgIpc) is 2.30. The van der Waals surface area contributed by atoms with Crippen LogP contribution in [0.1, 0.15) is 39.2 Å². The summed E-state index contributed by atoms with van der Waals surface area (Å²) in [6, 6.07) is 8.58. The smallest absolute Gasteiger partial charge is 0.0230 e. The maximum Gasteiger partial charge on any atom is 0.0230 e. The van der Waals surface area contributed by atoms with Crippen LogP contribution >= 0.6 is 15.9 Å². The first-order chi connectivity index (χ1) is 8.87. The van der Waals surface area contributed by atoms with Crippen molar-refractivity contribution < 1.29 is 0 Å². The van der Waals surface area contributed by atoms with Gasteiger partial charge in [0.05, 0.1) is 0 Å². The van der Waals surface area contributed by atoms with Crippen LogP contribution in [0.4, 0.5) is 0 Å². The highest BCUT2D eigenvalue weighted by atomic mass is 79.9. The van der Waals surface area contributed by atoms with Gasteiger partial charge in [0, 0.05) is 16.6 Å². The second-order valence-electron chi connectivity index (χ2n) is 6.25. The van der Waals surface area contributed by atoms with Crippen LogP contribution in [0.2, 0.25) is 0 Å². The number of unbranched alkanes of at least 4 members (excludes halogenated alkanes) is 1. The third-order valence-corrected chi connectivity index (χ3v) is 3.52. The van der Waals surface area contributed by atoms with E-state index in [4.69, 9.17) is 0 Å². The van der Waals surface area contributed by atoms with Gasteiger partial charge in [0.25, 0.3) is 0 Å². The molecule has 0 bridgehead atoms. The Hall–Kier alpha value is -0.380. The Morgan fingerprint density at radius 1 is 1.11 bits per heavy atom. The highest BCUT2D eigenvalue weighted by Gasteiger charge is 2.07. The summed E-state index contributed by atoms with van der Waals surface area (Å²) >= 11 is 3.47. The summed E-state index contributed by atoms with van der Waals surface area (Å²) in [6.07, 6.45) is 2.48. The van der Waals surface area contributed by atoms with Gasteiger partial charge in [0.15, 0.2) is 0 Å². The molecule has 1 aromatic rings. The Morgan fingerprint density at radius 3 is 2.32 bits per heavy atom. The minimum atomic E-state index is 0.239. The molecular weight excluding hydrogens is 300 g/mol. The molecule has 0 fully saturated rings. The largest absolute Gasteiger partial charge is 0.312 e. The van der Waals surface area contributed by atoms with Gasteiger partial charge in [0.1, 0.15) is 0 Å². The third kappa shape index (κ3) is 8.40. The SMILES string of the molecule is CN(CCCCNC(C)(C)C)Cc1ccc(Br)cc1. The number of hydrogen-bond donors (Lipinski definition) is 1. The van der Waals surface area contributed by atoms with Crippen molar-refractivity contribution in [2.24, 2.45) is 0 Å². The number of halogens is 1. The number of nitrogens with zero attached hydrogens (tertiary/aromatic N) is 1. The molecule has 3 heteroatoms. The molecule has 0 saturated heterocycles. The van der Waals surface area contributed by atoms with Gasteiger partial charge in [-0.2, -0.15) is 0 Å². The van der Waals surface area contributed by atoms with E-state index in [-0.39, 0.29) is 5.54 Å². The Kier molecular flexibility index (Phi) is 7.05. The molecule has 0 aliphatic carbocycles. The Bertz CT molecular complexity index is 354. The molecule has 0 amide bonds. The summed E-state index contributed by atoms with van der Waals surface area (Å²) < 4.78 is 1.15. The van der Waals surface area contributed by atoms with E-state index in [1.807, 2.05) is 0 Å². The number of hydrogen-bond acceptors (Lipinski definition) is 2. The van der Waals surface area contributed by atoms with Gasteiger partial charge in [-0.15, -0.1) is 0 Å². The predicted molar refractivity (Wildman–Crippen MR) is 87.5 cm³/mol. The van der Waals surface area contributed by atoms with E-state index < -0.39 is 0 Å². The lowest BCUT2D eigenvalue weighted by Crippen LogP contribution is -2.36. The van der Waals surface area contributed by atoms with Gasteiger partial charge in [-0.3, -0.25) is 0 Å². The van der Waals surface area contributed by atoms with Crippen LogP contribution in [0.5, 0.6) is 0 Å². The highest BCUT2D eigenvalue weighted by Crippen LogP contribution is 2.12. The molecule has 0 heterocycles. The Balaban J connectivity index is 2.14. The van der Waals surface area contributed by atoms with Crippen LogP contribution in [-0.4, -0.2) is 30.6 Å². The van der Waals surface area contributed by atoms with Crippen molar-refractivity contribution in [3.63, 3.8) is 0 Å². The zero-order chi connectivity index (χ0) is 14.3. The van der Waals surface area contributed by atoms with Crippen molar-refractivity contribution in [3.05, 3.63) is 34.3 Å². The van der Waals surface area contributed by atoms with Crippen molar-refractivity contribution in [3.8, 4) is 0 Å². The molecule has 0 radical (unpaired) electrons. The molecule has 19 heavy (non-hydrogen) atoms. The van der Waals surface area contributed by atoms with Crippen molar-refractivity contribution in [2.75, 3.05) is 20.1 Å². The van der Waals surface area contributed by atoms with Crippen LogP contribution in [0.15, 0.2) is 28.7 Å². The highest BCUT2D eigenvalue weighted by molar-refractivity contribution is 9.10. The zero-order valence-corrected chi connectivity index (χ0v) is 14.3. The van der Waals surface area contributed by atoms with Gasteiger partial charge in [-0.05, 0) is 71.4 Å². The van der Waals surface area contributed by atoms with Gasteiger partial charge < -0.3 is 10.2 Å². The molecular formula is C16H27BrN2. The minimum Gasteiger partial charge on any atom is -0.312 e. The summed E-state index contributed by atoms with van der Waals surface area (Å²) in [7, 11) is 2.19. The molecule has 0 saturated carbocycles. The zero-order valence-electron chi connectivity index (χ0n) is 12.7. The normalized spacial score (nSPS) is 12.1. The summed E-state index contributed by atoms with van der Waals surface area (Å²) in [5.74, 6) is 0. The predicted octanol–water partition coefficient (Wildman–Crippen LogP) is 4.05. The van der Waals surface area contributed by atoms with Crippen molar-refractivity contribution >= 4 is 15.9 Å². The molecule has 0 aliphatic rings. The molecule has 1 rings (SSSR count). The number of nitrogens with one attached hydrogen (secondary N) is 1. The van der Waals surface area contributed by atoms with E-state index in [0.717, 1.165) is 24.1 Å². The van der Waals surface area contributed by atoms with E-state index in [9.17, 15) is 0 Å². The summed E-state index contributed by atoms with van der Waals surface area (Å²) in [4.78, 5) is 2.39. The fourth-order valence-corrected chi connectivity index (χ4v) is 2.21.